The molecule has 0 heterocycles. The summed E-state index contributed by atoms with van der Waals surface area (Å²) in [6.45, 7) is 0. The molecule has 0 aliphatic rings. The normalized spacial score (nSPS) is 8.73. The van der Waals surface area contributed by atoms with Gasteiger partial charge in [0.05, 0.1) is 12.4 Å². The van der Waals surface area contributed by atoms with Crippen molar-refractivity contribution in [3.8, 4) is 0 Å². The Morgan fingerprint density at radius 1 is 1.09 bits per heavy atom. The SMILES string of the molecule is [B][B]B(PB([B])[B])B([B])[B].[Pt]. The molecule has 0 aromatic heterocycles. The Morgan fingerprint density at radius 2 is 1.55 bits per heavy atom. The van der Waals surface area contributed by atoms with Crippen molar-refractivity contribution in [3.63, 3.8) is 0 Å². The van der Waals surface area contributed by atoms with Crippen molar-refractivity contribution >= 4 is 72.9 Å². The molecule has 0 aromatic rings. The fraction of sp³-hybridized carbons (Fsp3) is 0. The molecular formula is HB9PPt. The molecule has 0 spiro atoms. The Hall–Kier alpha value is 1.70. The molecule has 0 rings (SSSR count). The van der Waals surface area contributed by atoms with E-state index in [4.69, 9.17) is 38.7 Å². The molecule has 11 radical (unpaired) electrons. The third kappa shape index (κ3) is 8.04. The zero-order chi connectivity index (χ0) is 8.15. The summed E-state index contributed by atoms with van der Waals surface area (Å²) in [7, 11) is 28.3. The summed E-state index contributed by atoms with van der Waals surface area (Å²) >= 11 is 0. The van der Waals surface area contributed by atoms with Gasteiger partial charge in [-0.25, -0.2) is 8.34 Å². The van der Waals surface area contributed by atoms with Gasteiger partial charge in [-0.1, -0.05) is 0 Å². The largest absolute Gasteiger partial charge is 0.222 e. The van der Waals surface area contributed by atoms with E-state index in [1.807, 2.05) is 0 Å². The Labute approximate surface area is 93.7 Å². The van der Waals surface area contributed by atoms with Gasteiger partial charge in [0.2, 0.25) is 0 Å². The van der Waals surface area contributed by atoms with Crippen molar-refractivity contribution in [1.82, 2.24) is 0 Å². The predicted molar refractivity (Wildman–Crippen MR) is 60.1 cm³/mol. The van der Waals surface area contributed by atoms with Crippen molar-refractivity contribution in [3.05, 3.63) is 0 Å². The van der Waals surface area contributed by atoms with Crippen molar-refractivity contribution in [2.75, 3.05) is 0 Å². The smallest absolute Gasteiger partial charge is 0.0602 e. The van der Waals surface area contributed by atoms with Gasteiger partial charge in [-0.15, -0.1) is 0 Å². The van der Waals surface area contributed by atoms with E-state index in [0.717, 1.165) is 0 Å². The molecule has 0 N–H and O–H groups in total. The quantitative estimate of drug-likeness (QED) is 0.386. The number of hydrogen-bond donors (Lipinski definition) is 0. The van der Waals surface area contributed by atoms with E-state index in [9.17, 15) is 0 Å². The number of rotatable bonds is 4. The fourth-order valence-electron chi connectivity index (χ4n) is 0.517. The summed E-state index contributed by atoms with van der Waals surface area (Å²) in [6, 6.07) is 0. The monoisotopic (exact) mass is 326 g/mol. The average Bonchev–Trinajstić information content (AvgIpc) is 1.81. The Morgan fingerprint density at radius 3 is 1.64 bits per heavy atom. The van der Waals surface area contributed by atoms with Gasteiger partial charge >= 0.3 is 0 Å². The fourth-order valence-corrected chi connectivity index (χ4v) is 1.29. The van der Waals surface area contributed by atoms with Crippen LogP contribution in [-0.4, -0.2) is 64.6 Å². The zero-order valence-electron chi connectivity index (χ0n) is 6.01. The zero-order valence-corrected chi connectivity index (χ0v) is 9.28. The van der Waals surface area contributed by atoms with Crippen molar-refractivity contribution in [2.45, 2.75) is 0 Å². The molecular weight excluding hydrogens is 323 g/mol. The molecule has 1 unspecified atom stereocenters. The molecule has 11 heavy (non-hydrogen) atoms. The minimum Gasteiger partial charge on any atom is -0.222 e. The topological polar surface area (TPSA) is 0 Å². The van der Waals surface area contributed by atoms with Crippen LogP contribution in [0, 0.1) is 0 Å². The van der Waals surface area contributed by atoms with Crippen LogP contribution in [0.15, 0.2) is 0 Å². The first kappa shape index (κ1) is 15.2. The van der Waals surface area contributed by atoms with Gasteiger partial charge in [-0.3, -0.25) is 0 Å². The van der Waals surface area contributed by atoms with Crippen LogP contribution in [0.5, 0.6) is 0 Å². The van der Waals surface area contributed by atoms with E-state index in [-0.39, 0.29) is 41.8 Å². The van der Waals surface area contributed by atoms with E-state index in [1.54, 1.807) is 0 Å². The Kier molecular flexibility index (Phi) is 11.5. The molecule has 0 fully saturated rings. The molecule has 0 saturated heterocycles. The molecule has 0 aliphatic heterocycles. The van der Waals surface area contributed by atoms with E-state index < -0.39 is 6.39 Å². The molecule has 0 amide bonds. The minimum atomic E-state index is -0.460. The standard InChI is InChI=1S/B9HP.Pt/c1-6-9(7(2)3)10-8(4)5;/h10H;. The van der Waals surface area contributed by atoms with E-state index in [1.165, 1.54) is 7.06 Å². The number of hydrogen-bond acceptors (Lipinski definition) is 0. The van der Waals surface area contributed by atoms with Gasteiger partial charge in [0.15, 0.2) is 0 Å². The second kappa shape index (κ2) is 8.31. The van der Waals surface area contributed by atoms with Crippen LogP contribution in [0.4, 0.5) is 0 Å². The Bertz CT molecular complexity index is 81.6. The van der Waals surface area contributed by atoms with Gasteiger partial charge in [0, 0.05) is 73.2 Å². The summed E-state index contributed by atoms with van der Waals surface area (Å²) in [5, 5.41) is 0. The van der Waals surface area contributed by atoms with Crippen LogP contribution >= 0.6 is 8.34 Å². The van der Waals surface area contributed by atoms with Gasteiger partial charge in [-0.2, -0.15) is 0 Å². The maximum absolute atomic E-state index is 5.36. The molecule has 0 bridgehead atoms. The summed E-state index contributed by atoms with van der Waals surface area (Å²) < 4.78 is 0. The molecule has 11 heteroatoms. The van der Waals surface area contributed by atoms with Crippen molar-refractivity contribution in [1.29, 1.82) is 0 Å². The van der Waals surface area contributed by atoms with Crippen molar-refractivity contribution in [2.24, 2.45) is 0 Å². The second-order valence-corrected chi connectivity index (χ2v) is 3.65. The van der Waals surface area contributed by atoms with Gasteiger partial charge in [0.25, 0.3) is 0 Å². The summed E-state index contributed by atoms with van der Waals surface area (Å²) in [5.74, 6) is 0. The first-order valence-corrected chi connectivity index (χ1v) is 4.07. The van der Waals surface area contributed by atoms with Crippen LogP contribution in [0.2, 0.25) is 0 Å². The maximum Gasteiger partial charge on any atom is 0.0602 e. The summed E-state index contributed by atoms with van der Waals surface area (Å²) in [5.41, 5.74) is 0. The molecule has 0 nitrogen and oxygen atoms in total. The third-order valence-corrected chi connectivity index (χ3v) is 2.35. The van der Waals surface area contributed by atoms with Crippen LogP contribution in [0.3, 0.4) is 0 Å². The van der Waals surface area contributed by atoms with Crippen LogP contribution in [0.25, 0.3) is 0 Å². The van der Waals surface area contributed by atoms with Crippen molar-refractivity contribution < 1.29 is 21.1 Å². The molecule has 0 aliphatic carbocycles. The van der Waals surface area contributed by atoms with E-state index in [2.05, 4.69) is 0 Å². The molecule has 0 aromatic carbocycles. The van der Waals surface area contributed by atoms with Crippen LogP contribution < -0.4 is 0 Å². The van der Waals surface area contributed by atoms with Crippen LogP contribution in [-0.2, 0) is 21.1 Å². The molecule has 1 atom stereocenters. The van der Waals surface area contributed by atoms with Gasteiger partial charge in [-0.05, 0) is 0 Å². The molecule has 0 saturated carbocycles. The third-order valence-electron chi connectivity index (χ3n) is 1.01. The first-order chi connectivity index (χ1) is 4.57. The minimum absolute atomic E-state index is 0. The average molecular weight is 324 g/mol. The van der Waals surface area contributed by atoms with Gasteiger partial charge < -0.3 is 0 Å². The summed E-state index contributed by atoms with van der Waals surface area (Å²) in [6.07, 6.45) is -0.905. The Balaban J connectivity index is 0. The second-order valence-electron chi connectivity index (χ2n) is 1.99. The predicted octanol–water partition coefficient (Wildman–Crippen LogP) is -2.84. The summed E-state index contributed by atoms with van der Waals surface area (Å²) in [4.78, 5) is 0. The molecule has 43 valence electrons. The van der Waals surface area contributed by atoms with Crippen LogP contribution in [0.1, 0.15) is 0 Å². The van der Waals surface area contributed by atoms with Gasteiger partial charge in [0.1, 0.15) is 0 Å². The first-order valence-electron chi connectivity index (χ1n) is 2.91. The van der Waals surface area contributed by atoms with E-state index in [0.29, 0.717) is 0 Å². The maximum atomic E-state index is 5.36. The van der Waals surface area contributed by atoms with E-state index >= 15 is 0 Å².